The molecule has 0 radical (unpaired) electrons. The summed E-state index contributed by atoms with van der Waals surface area (Å²) in [5.74, 6) is 0.127. The third-order valence-corrected chi connectivity index (χ3v) is 6.61. The molecule has 0 saturated carbocycles. The zero-order chi connectivity index (χ0) is 19.0. The molecule has 0 aliphatic carbocycles. The van der Waals surface area contributed by atoms with E-state index < -0.39 is 17.7 Å². The second-order valence-electron chi connectivity index (χ2n) is 5.26. The second kappa shape index (κ2) is 9.14. The van der Waals surface area contributed by atoms with Gasteiger partial charge in [-0.15, -0.1) is 0 Å². The summed E-state index contributed by atoms with van der Waals surface area (Å²) in [6.45, 7) is 0. The summed E-state index contributed by atoms with van der Waals surface area (Å²) in [4.78, 5) is 0.259. The first kappa shape index (κ1) is 20.4. The van der Waals surface area contributed by atoms with Crippen molar-refractivity contribution in [2.24, 2.45) is 0 Å². The highest BCUT2D eigenvalue weighted by molar-refractivity contribution is 7.91. The van der Waals surface area contributed by atoms with Crippen LogP contribution in [-0.2, 0) is 28.0 Å². The number of benzene rings is 2. The molecular weight excluding hydrogens is 375 g/mol. The van der Waals surface area contributed by atoms with Gasteiger partial charge in [0.2, 0.25) is 0 Å². The molecule has 0 unspecified atom stereocenters. The van der Waals surface area contributed by atoms with Gasteiger partial charge in [-0.2, -0.15) is 0 Å². The molecule has 0 aliphatic rings. The van der Waals surface area contributed by atoms with Crippen LogP contribution < -0.4 is 0 Å². The minimum atomic E-state index is -3.76. The van der Waals surface area contributed by atoms with Gasteiger partial charge in [-0.1, -0.05) is 48.5 Å². The maximum Gasteiger partial charge on any atom is 0.529 e. The van der Waals surface area contributed by atoms with Gasteiger partial charge >= 0.3 is 7.82 Å². The Morgan fingerprint density at radius 2 is 1.50 bits per heavy atom. The fourth-order valence-electron chi connectivity index (χ4n) is 2.17. The van der Waals surface area contributed by atoms with Crippen molar-refractivity contribution in [3.8, 4) is 0 Å². The minimum Gasteiger partial charge on any atom is -0.404 e. The maximum atomic E-state index is 12.4. The fourth-order valence-corrected chi connectivity index (χ4v) is 4.13. The standard InChI is InChI=1S/C18H21O6PS/c1-22-25(19,23-2)24-18(16-10-5-3-6-11-16)14-9-15-26(20,21)17-12-7-4-8-13-17/h3-8,10-14H,9,15H2,1-2H3/b18-14+. The Labute approximate surface area is 154 Å². The molecule has 26 heavy (non-hydrogen) atoms. The van der Waals surface area contributed by atoms with Crippen molar-refractivity contribution in [1.82, 2.24) is 0 Å². The number of hydrogen-bond acceptors (Lipinski definition) is 6. The van der Waals surface area contributed by atoms with Crippen molar-refractivity contribution in [2.45, 2.75) is 11.3 Å². The molecule has 2 rings (SSSR count). The van der Waals surface area contributed by atoms with E-state index in [1.807, 2.05) is 6.07 Å². The number of phosphoric acid groups is 1. The molecule has 0 fully saturated rings. The Bertz CT molecular complexity index is 870. The van der Waals surface area contributed by atoms with Crippen LogP contribution in [0.2, 0.25) is 0 Å². The predicted octanol–water partition coefficient (Wildman–Crippen LogP) is 4.31. The number of rotatable bonds is 9. The topological polar surface area (TPSA) is 78.9 Å². The van der Waals surface area contributed by atoms with Crippen LogP contribution in [0.25, 0.3) is 5.76 Å². The van der Waals surface area contributed by atoms with Crippen LogP contribution in [0, 0.1) is 0 Å². The third kappa shape index (κ3) is 5.54. The van der Waals surface area contributed by atoms with E-state index >= 15 is 0 Å². The van der Waals surface area contributed by atoms with Gasteiger partial charge in [0.15, 0.2) is 9.84 Å². The Balaban J connectivity index is 2.22. The Morgan fingerprint density at radius 3 is 2.04 bits per heavy atom. The van der Waals surface area contributed by atoms with Gasteiger partial charge in [-0.25, -0.2) is 13.0 Å². The molecule has 0 aliphatic heterocycles. The lowest BCUT2D eigenvalue weighted by molar-refractivity contribution is 0.201. The lowest BCUT2D eigenvalue weighted by Gasteiger charge is -2.17. The first-order chi connectivity index (χ1) is 12.4. The van der Waals surface area contributed by atoms with Gasteiger partial charge in [-0.3, -0.25) is 9.05 Å². The summed E-state index contributed by atoms with van der Waals surface area (Å²) in [6, 6.07) is 17.1. The number of phosphoric ester groups is 1. The van der Waals surface area contributed by atoms with Crippen molar-refractivity contribution in [3.05, 3.63) is 72.3 Å². The molecule has 0 bridgehead atoms. The van der Waals surface area contributed by atoms with Crippen LogP contribution in [0.1, 0.15) is 12.0 Å². The average molecular weight is 396 g/mol. The largest absolute Gasteiger partial charge is 0.529 e. The van der Waals surface area contributed by atoms with Gasteiger partial charge < -0.3 is 4.52 Å². The molecule has 0 saturated heterocycles. The van der Waals surface area contributed by atoms with E-state index in [-0.39, 0.29) is 22.8 Å². The summed E-state index contributed by atoms with van der Waals surface area (Å²) in [6.07, 6.45) is 1.75. The van der Waals surface area contributed by atoms with Crippen molar-refractivity contribution in [2.75, 3.05) is 20.0 Å². The van der Waals surface area contributed by atoms with Crippen molar-refractivity contribution in [1.29, 1.82) is 0 Å². The van der Waals surface area contributed by atoms with Crippen LogP contribution in [0.15, 0.2) is 71.6 Å². The summed E-state index contributed by atoms with van der Waals surface area (Å²) >= 11 is 0. The molecule has 0 atom stereocenters. The fraction of sp³-hybridized carbons (Fsp3) is 0.222. The van der Waals surface area contributed by atoms with E-state index in [2.05, 4.69) is 0 Å². The molecule has 6 nitrogen and oxygen atoms in total. The molecule has 0 aromatic heterocycles. The van der Waals surface area contributed by atoms with Crippen LogP contribution in [-0.4, -0.2) is 28.4 Å². The highest BCUT2D eigenvalue weighted by atomic mass is 32.2. The van der Waals surface area contributed by atoms with Crippen LogP contribution in [0.4, 0.5) is 0 Å². The van der Waals surface area contributed by atoms with Crippen LogP contribution >= 0.6 is 7.82 Å². The van der Waals surface area contributed by atoms with Gasteiger partial charge in [0.05, 0.1) is 10.6 Å². The Hall–Kier alpha value is -1.92. The van der Waals surface area contributed by atoms with E-state index in [1.165, 1.54) is 14.2 Å². The summed E-state index contributed by atoms with van der Waals surface area (Å²) in [5.41, 5.74) is 0.638. The highest BCUT2D eigenvalue weighted by Crippen LogP contribution is 2.51. The Kier molecular flexibility index (Phi) is 7.17. The summed E-state index contributed by atoms with van der Waals surface area (Å²) in [7, 11) is -4.75. The summed E-state index contributed by atoms with van der Waals surface area (Å²) < 4.78 is 52.1. The SMILES string of the molecule is COP(=O)(OC)O/C(=C/CCS(=O)(=O)c1ccccc1)c1ccccc1. The van der Waals surface area contributed by atoms with Crippen molar-refractivity contribution < 1.29 is 26.6 Å². The second-order valence-corrected chi connectivity index (χ2v) is 9.18. The monoisotopic (exact) mass is 396 g/mol. The van der Waals surface area contributed by atoms with E-state index in [0.29, 0.717) is 5.56 Å². The molecule has 0 N–H and O–H groups in total. The smallest absolute Gasteiger partial charge is 0.404 e. The molecule has 0 heterocycles. The highest BCUT2D eigenvalue weighted by Gasteiger charge is 2.26. The molecular formula is C18H21O6PS. The van der Waals surface area contributed by atoms with Gasteiger partial charge in [0.1, 0.15) is 5.76 Å². The van der Waals surface area contributed by atoms with Crippen LogP contribution in [0.3, 0.4) is 0 Å². The zero-order valence-corrected chi connectivity index (χ0v) is 16.3. The lowest BCUT2D eigenvalue weighted by atomic mass is 10.2. The van der Waals surface area contributed by atoms with Gasteiger partial charge in [-0.05, 0) is 24.6 Å². The maximum absolute atomic E-state index is 12.4. The molecule has 0 spiro atoms. The molecule has 2 aromatic carbocycles. The van der Waals surface area contributed by atoms with E-state index in [0.717, 1.165) is 0 Å². The number of sulfone groups is 1. The zero-order valence-electron chi connectivity index (χ0n) is 14.6. The lowest BCUT2D eigenvalue weighted by Crippen LogP contribution is -2.06. The number of allylic oxidation sites excluding steroid dienone is 1. The normalized spacial score (nSPS) is 12.8. The average Bonchev–Trinajstić information content (AvgIpc) is 2.68. The first-order valence-corrected chi connectivity index (χ1v) is 11.0. The predicted molar refractivity (Wildman–Crippen MR) is 100 cm³/mol. The number of hydrogen-bond donors (Lipinski definition) is 0. The Morgan fingerprint density at radius 1 is 0.962 bits per heavy atom. The minimum absolute atomic E-state index is 0.110. The van der Waals surface area contributed by atoms with E-state index in [4.69, 9.17) is 13.6 Å². The van der Waals surface area contributed by atoms with Gasteiger partial charge in [0.25, 0.3) is 0 Å². The van der Waals surface area contributed by atoms with Crippen LogP contribution in [0.5, 0.6) is 0 Å². The summed E-state index contributed by atoms with van der Waals surface area (Å²) in [5, 5.41) is 0. The van der Waals surface area contributed by atoms with Gasteiger partial charge in [0, 0.05) is 19.8 Å². The first-order valence-electron chi connectivity index (χ1n) is 7.85. The molecule has 2 aromatic rings. The van der Waals surface area contributed by atoms with Crippen molar-refractivity contribution in [3.63, 3.8) is 0 Å². The van der Waals surface area contributed by atoms with E-state index in [1.54, 1.807) is 60.7 Å². The van der Waals surface area contributed by atoms with E-state index in [9.17, 15) is 13.0 Å². The quantitative estimate of drug-likeness (QED) is 0.464. The van der Waals surface area contributed by atoms with Crippen molar-refractivity contribution >= 4 is 23.4 Å². The molecule has 8 heteroatoms. The molecule has 0 amide bonds. The third-order valence-electron chi connectivity index (χ3n) is 3.53. The molecule has 140 valence electrons.